The third-order valence-electron chi connectivity index (χ3n) is 2.71. The van der Waals surface area contributed by atoms with Crippen molar-refractivity contribution < 1.29 is 19.4 Å². The predicted octanol–water partition coefficient (Wildman–Crippen LogP) is -0.628. The first-order chi connectivity index (χ1) is 9.79. The third kappa shape index (κ3) is 5.49. The van der Waals surface area contributed by atoms with Gasteiger partial charge in [-0.05, 0) is 24.1 Å². The van der Waals surface area contributed by atoms with Gasteiger partial charge >= 0.3 is 11.9 Å². The number of nitrogens with zero attached hydrogens (tertiary/aromatic N) is 1. The van der Waals surface area contributed by atoms with Crippen molar-refractivity contribution in [1.29, 1.82) is 5.41 Å². The van der Waals surface area contributed by atoms with E-state index < -0.39 is 18.0 Å². The van der Waals surface area contributed by atoms with Crippen LogP contribution in [0.1, 0.15) is 5.56 Å². The summed E-state index contributed by atoms with van der Waals surface area (Å²) in [5, 5.41) is 15.9. The van der Waals surface area contributed by atoms with Crippen LogP contribution in [0, 0.1) is 5.41 Å². The molecular weight excluding hydrogens is 276 g/mol. The van der Waals surface area contributed by atoms with E-state index in [2.05, 4.69) is 0 Å². The largest absolute Gasteiger partial charge is 0.480 e. The van der Waals surface area contributed by atoms with E-state index >= 15 is 0 Å². The number of likely N-dealkylation sites (N-methyl/N-ethyl adjacent to an activating group) is 1. The fraction of sp³-hybridized carbons (Fsp3) is 0.308. The quantitative estimate of drug-likeness (QED) is 0.237. The molecule has 1 unspecified atom stereocenters. The number of hydrogen-bond donors (Lipinski definition) is 4. The molecule has 0 radical (unpaired) electrons. The Morgan fingerprint density at radius 1 is 1.38 bits per heavy atom. The van der Waals surface area contributed by atoms with Crippen LogP contribution in [0.15, 0.2) is 24.3 Å². The molecule has 6 N–H and O–H groups in total. The Kier molecular flexibility index (Phi) is 5.67. The number of carboxylic acid groups (broad SMARTS) is 1. The molecule has 0 aliphatic heterocycles. The molecule has 1 aromatic carbocycles. The van der Waals surface area contributed by atoms with E-state index in [-0.39, 0.29) is 18.9 Å². The highest BCUT2D eigenvalue weighted by Crippen LogP contribution is 2.13. The monoisotopic (exact) mass is 294 g/mol. The van der Waals surface area contributed by atoms with Gasteiger partial charge in [-0.15, -0.1) is 0 Å². The zero-order valence-electron chi connectivity index (χ0n) is 11.6. The highest BCUT2D eigenvalue weighted by molar-refractivity contribution is 5.82. The molecule has 0 saturated carbocycles. The first-order valence-corrected chi connectivity index (χ1v) is 6.12. The van der Waals surface area contributed by atoms with Crippen molar-refractivity contribution >= 4 is 17.9 Å². The van der Waals surface area contributed by atoms with Crippen molar-refractivity contribution in [3.63, 3.8) is 0 Å². The molecule has 114 valence electrons. The second kappa shape index (κ2) is 7.25. The lowest BCUT2D eigenvalue weighted by Gasteiger charge is -2.15. The van der Waals surface area contributed by atoms with Crippen molar-refractivity contribution in [2.75, 3.05) is 13.6 Å². The maximum atomic E-state index is 11.6. The molecule has 0 aliphatic carbocycles. The fourth-order valence-corrected chi connectivity index (χ4v) is 1.48. The summed E-state index contributed by atoms with van der Waals surface area (Å²) in [7, 11) is 1.50. The number of carbonyl (C=O) groups is 2. The minimum Gasteiger partial charge on any atom is -0.480 e. The second-order valence-corrected chi connectivity index (χ2v) is 4.51. The van der Waals surface area contributed by atoms with Crippen LogP contribution in [0.5, 0.6) is 5.75 Å². The number of esters is 1. The molecule has 0 heterocycles. The minimum atomic E-state index is -1.07. The number of guanidine groups is 1. The highest BCUT2D eigenvalue weighted by atomic mass is 16.5. The number of carbonyl (C=O) groups excluding carboxylic acids is 1. The number of benzene rings is 1. The summed E-state index contributed by atoms with van der Waals surface area (Å²) in [6.07, 6.45) is 0.191. The number of hydrogen-bond acceptors (Lipinski definition) is 5. The number of rotatable bonds is 6. The molecule has 0 aromatic heterocycles. The van der Waals surface area contributed by atoms with Crippen LogP contribution in [0.25, 0.3) is 0 Å². The predicted molar refractivity (Wildman–Crippen MR) is 75.9 cm³/mol. The van der Waals surface area contributed by atoms with Crippen LogP contribution >= 0.6 is 0 Å². The molecule has 1 atom stereocenters. The number of carboxylic acids is 1. The van der Waals surface area contributed by atoms with Crippen LogP contribution in [-0.4, -0.2) is 47.5 Å². The zero-order valence-corrected chi connectivity index (χ0v) is 11.6. The van der Waals surface area contributed by atoms with Crippen LogP contribution < -0.4 is 16.2 Å². The van der Waals surface area contributed by atoms with Crippen molar-refractivity contribution in [2.24, 2.45) is 11.5 Å². The molecule has 0 aliphatic rings. The lowest BCUT2D eigenvalue weighted by atomic mass is 10.1. The molecule has 0 amide bonds. The summed E-state index contributed by atoms with van der Waals surface area (Å²) in [6.45, 7) is -0.138. The molecule has 0 bridgehead atoms. The summed E-state index contributed by atoms with van der Waals surface area (Å²) in [5.74, 6) is -1.53. The van der Waals surface area contributed by atoms with Crippen LogP contribution in [-0.2, 0) is 16.0 Å². The average molecular weight is 294 g/mol. The molecular formula is C13H18N4O4. The number of nitrogens with one attached hydrogen (secondary N) is 1. The summed E-state index contributed by atoms with van der Waals surface area (Å²) >= 11 is 0. The Morgan fingerprint density at radius 2 is 1.95 bits per heavy atom. The van der Waals surface area contributed by atoms with E-state index in [1.807, 2.05) is 0 Å². The first-order valence-electron chi connectivity index (χ1n) is 6.12. The summed E-state index contributed by atoms with van der Waals surface area (Å²) in [4.78, 5) is 23.5. The summed E-state index contributed by atoms with van der Waals surface area (Å²) in [6, 6.07) is 5.41. The van der Waals surface area contributed by atoms with Gasteiger partial charge < -0.3 is 26.2 Å². The lowest BCUT2D eigenvalue weighted by molar-refractivity contribution is -0.138. The highest BCUT2D eigenvalue weighted by Gasteiger charge is 2.13. The van der Waals surface area contributed by atoms with Gasteiger partial charge in [0.05, 0.1) is 0 Å². The first kappa shape index (κ1) is 16.4. The van der Waals surface area contributed by atoms with Gasteiger partial charge in [0.1, 0.15) is 18.3 Å². The Balaban J connectivity index is 2.56. The minimum absolute atomic E-state index is 0.138. The van der Waals surface area contributed by atoms with Gasteiger partial charge in [0, 0.05) is 7.05 Å². The second-order valence-electron chi connectivity index (χ2n) is 4.51. The van der Waals surface area contributed by atoms with E-state index in [1.165, 1.54) is 11.9 Å². The topological polar surface area (TPSA) is 143 Å². The summed E-state index contributed by atoms with van der Waals surface area (Å²) < 4.78 is 5.06. The van der Waals surface area contributed by atoms with Crippen molar-refractivity contribution in [3.05, 3.63) is 29.8 Å². The Hall–Kier alpha value is -2.61. The maximum Gasteiger partial charge on any atom is 0.331 e. The van der Waals surface area contributed by atoms with E-state index in [9.17, 15) is 9.59 Å². The normalized spacial score (nSPS) is 11.5. The van der Waals surface area contributed by atoms with Crippen molar-refractivity contribution in [1.82, 2.24) is 4.90 Å². The SMILES string of the molecule is CN(CC(=O)Oc1ccc(CC(N)C(=O)O)cc1)C(=N)N. The van der Waals surface area contributed by atoms with Gasteiger partial charge in [0.2, 0.25) is 0 Å². The maximum absolute atomic E-state index is 11.6. The van der Waals surface area contributed by atoms with E-state index in [4.69, 9.17) is 26.7 Å². The molecule has 21 heavy (non-hydrogen) atoms. The standard InChI is InChI=1S/C13H18N4O4/c1-17(13(15)16)7-11(18)21-9-4-2-8(3-5-9)6-10(14)12(19)20/h2-5,10H,6-7,14H2,1H3,(H3,15,16)(H,19,20). The summed E-state index contributed by atoms with van der Waals surface area (Å²) in [5.41, 5.74) is 11.4. The van der Waals surface area contributed by atoms with Gasteiger partial charge in [-0.3, -0.25) is 10.2 Å². The van der Waals surface area contributed by atoms with Gasteiger partial charge in [-0.1, -0.05) is 12.1 Å². The van der Waals surface area contributed by atoms with Gasteiger partial charge in [-0.25, -0.2) is 4.79 Å². The van der Waals surface area contributed by atoms with Crippen LogP contribution in [0.4, 0.5) is 0 Å². The molecule has 0 saturated heterocycles. The van der Waals surface area contributed by atoms with E-state index in [0.29, 0.717) is 5.75 Å². The average Bonchev–Trinajstić information content (AvgIpc) is 2.40. The van der Waals surface area contributed by atoms with E-state index in [0.717, 1.165) is 5.56 Å². The Labute approximate surface area is 121 Å². The molecule has 8 nitrogen and oxygen atoms in total. The fourth-order valence-electron chi connectivity index (χ4n) is 1.48. The number of aliphatic carboxylic acids is 1. The number of nitrogens with two attached hydrogens (primary N) is 2. The van der Waals surface area contributed by atoms with Gasteiger partial charge in [0.15, 0.2) is 5.96 Å². The third-order valence-corrected chi connectivity index (χ3v) is 2.71. The zero-order chi connectivity index (χ0) is 16.0. The van der Waals surface area contributed by atoms with Crippen molar-refractivity contribution in [3.8, 4) is 5.75 Å². The smallest absolute Gasteiger partial charge is 0.331 e. The Morgan fingerprint density at radius 3 is 2.43 bits per heavy atom. The lowest BCUT2D eigenvalue weighted by Crippen LogP contribution is -2.38. The van der Waals surface area contributed by atoms with Gasteiger partial charge in [0.25, 0.3) is 0 Å². The molecule has 0 spiro atoms. The van der Waals surface area contributed by atoms with Crippen LogP contribution in [0.2, 0.25) is 0 Å². The molecule has 8 heteroatoms. The van der Waals surface area contributed by atoms with Gasteiger partial charge in [-0.2, -0.15) is 0 Å². The molecule has 1 aromatic rings. The van der Waals surface area contributed by atoms with Crippen molar-refractivity contribution in [2.45, 2.75) is 12.5 Å². The molecule has 1 rings (SSSR count). The molecule has 0 fully saturated rings. The number of ether oxygens (including phenoxy) is 1. The Bertz CT molecular complexity index is 529. The van der Waals surface area contributed by atoms with E-state index in [1.54, 1.807) is 24.3 Å². The van der Waals surface area contributed by atoms with Crippen LogP contribution in [0.3, 0.4) is 0 Å².